The standard InChI is InChI=1S/C31H34N2O4/c34-24-9-8-21-17-25-31(36)12-10-23(33-14-11-22(29(33)35)16-19-4-2-1-3-5-19)28-30(31,26(21)27(24)37-28)13-15-32(25)18-20-6-7-20/h1-5,8-9,16,20,23,25,28,34,36H,6-7,10-15,17-18H2/b22-16+/t23-,25-,28-,30-,31+/m0/s1. The third-order valence-corrected chi connectivity index (χ3v) is 10.4. The lowest BCUT2D eigenvalue weighted by Gasteiger charge is -2.64. The summed E-state index contributed by atoms with van der Waals surface area (Å²) in [6.07, 6.45) is 7.93. The molecule has 3 aliphatic carbocycles. The van der Waals surface area contributed by atoms with Crippen molar-refractivity contribution in [2.75, 3.05) is 19.6 Å². The van der Waals surface area contributed by atoms with Crippen LogP contribution in [0.5, 0.6) is 11.5 Å². The van der Waals surface area contributed by atoms with E-state index in [4.69, 9.17) is 4.74 Å². The Labute approximate surface area is 217 Å². The number of rotatable bonds is 4. The fraction of sp³-hybridized carbons (Fsp3) is 0.516. The van der Waals surface area contributed by atoms with E-state index in [1.54, 1.807) is 6.07 Å². The summed E-state index contributed by atoms with van der Waals surface area (Å²) >= 11 is 0. The van der Waals surface area contributed by atoms with Crippen LogP contribution in [0.1, 0.15) is 55.2 Å². The third-order valence-electron chi connectivity index (χ3n) is 10.4. The highest BCUT2D eigenvalue weighted by atomic mass is 16.5. The number of aromatic hydroxyl groups is 1. The van der Waals surface area contributed by atoms with E-state index in [0.717, 1.165) is 55.0 Å². The SMILES string of the molecule is O=C1/C(=C/c2ccccc2)CCN1[C@H]1CC[C@@]2(O)[C@@H]3Cc4ccc(O)c5c4[C@@]2(CCN3CC2CC2)[C@H]1O5. The Morgan fingerprint density at radius 3 is 2.70 bits per heavy atom. The van der Waals surface area contributed by atoms with Crippen LogP contribution in [0.3, 0.4) is 0 Å². The van der Waals surface area contributed by atoms with Gasteiger partial charge in [-0.25, -0.2) is 0 Å². The smallest absolute Gasteiger partial charge is 0.250 e. The van der Waals surface area contributed by atoms with Crippen LogP contribution in [0.2, 0.25) is 0 Å². The molecule has 2 bridgehead atoms. The molecule has 0 radical (unpaired) electrons. The van der Waals surface area contributed by atoms with Crippen molar-refractivity contribution in [2.45, 2.75) is 74.1 Å². The maximum absolute atomic E-state index is 13.7. The molecule has 4 fully saturated rings. The molecule has 2 aromatic carbocycles. The minimum Gasteiger partial charge on any atom is -0.504 e. The Bertz CT molecular complexity index is 1320. The number of nitrogens with zero attached hydrogens (tertiary/aromatic N) is 2. The second-order valence-corrected chi connectivity index (χ2v) is 12.2. The lowest BCUT2D eigenvalue weighted by atomic mass is 9.48. The molecule has 0 aromatic heterocycles. The summed E-state index contributed by atoms with van der Waals surface area (Å²) in [5, 5.41) is 23.5. The summed E-state index contributed by atoms with van der Waals surface area (Å²) in [5.41, 5.74) is 2.60. The largest absolute Gasteiger partial charge is 0.504 e. The minimum atomic E-state index is -0.918. The molecule has 6 heteroatoms. The lowest BCUT2D eigenvalue weighted by molar-refractivity contribution is -0.200. The molecule has 37 heavy (non-hydrogen) atoms. The van der Waals surface area contributed by atoms with Gasteiger partial charge in [0, 0.05) is 30.3 Å². The van der Waals surface area contributed by atoms with Crippen molar-refractivity contribution in [1.82, 2.24) is 9.80 Å². The molecule has 6 nitrogen and oxygen atoms in total. The van der Waals surface area contributed by atoms with Crippen molar-refractivity contribution in [3.8, 4) is 11.5 Å². The first-order valence-corrected chi connectivity index (χ1v) is 14.0. The Kier molecular flexibility index (Phi) is 4.56. The van der Waals surface area contributed by atoms with E-state index in [1.165, 1.54) is 18.4 Å². The highest BCUT2D eigenvalue weighted by Gasteiger charge is 2.73. The van der Waals surface area contributed by atoms with Crippen LogP contribution >= 0.6 is 0 Å². The zero-order valence-corrected chi connectivity index (χ0v) is 21.1. The number of phenolic OH excluding ortho intramolecular Hbond substituents is 1. The number of aliphatic hydroxyl groups is 1. The summed E-state index contributed by atoms with van der Waals surface area (Å²) in [7, 11) is 0. The molecule has 0 unspecified atom stereocenters. The van der Waals surface area contributed by atoms with Gasteiger partial charge in [-0.15, -0.1) is 0 Å². The normalized spacial score (nSPS) is 37.1. The number of ether oxygens (including phenoxy) is 1. The van der Waals surface area contributed by atoms with Crippen molar-refractivity contribution in [3.63, 3.8) is 0 Å². The van der Waals surface area contributed by atoms with Gasteiger partial charge in [0.05, 0.1) is 17.1 Å². The molecule has 1 amide bonds. The molecule has 2 saturated carbocycles. The number of likely N-dealkylation sites (tertiary alicyclic amines) is 2. The first-order valence-electron chi connectivity index (χ1n) is 14.0. The van der Waals surface area contributed by atoms with Crippen LogP contribution in [0.4, 0.5) is 0 Å². The third kappa shape index (κ3) is 2.91. The highest BCUT2D eigenvalue weighted by molar-refractivity contribution is 6.00. The number of amides is 1. The number of piperidine rings is 1. The molecule has 1 spiro atoms. The topological polar surface area (TPSA) is 73.2 Å². The van der Waals surface area contributed by atoms with E-state index in [9.17, 15) is 15.0 Å². The number of benzene rings is 2. The quantitative estimate of drug-likeness (QED) is 0.630. The predicted molar refractivity (Wildman–Crippen MR) is 139 cm³/mol. The first kappa shape index (κ1) is 22.2. The van der Waals surface area contributed by atoms with Gasteiger partial charge in [0.1, 0.15) is 6.10 Å². The molecule has 2 saturated heterocycles. The molecule has 192 valence electrons. The van der Waals surface area contributed by atoms with Gasteiger partial charge in [-0.3, -0.25) is 9.69 Å². The molecule has 2 N–H and O–H groups in total. The van der Waals surface area contributed by atoms with Gasteiger partial charge < -0.3 is 19.8 Å². The fourth-order valence-electron chi connectivity index (χ4n) is 8.61. The van der Waals surface area contributed by atoms with Gasteiger partial charge in [-0.2, -0.15) is 0 Å². The van der Waals surface area contributed by atoms with Crippen molar-refractivity contribution < 1.29 is 19.7 Å². The lowest BCUT2D eigenvalue weighted by Crippen LogP contribution is -2.78. The van der Waals surface area contributed by atoms with Crippen LogP contribution < -0.4 is 4.74 Å². The first-order chi connectivity index (χ1) is 18.0. The van der Waals surface area contributed by atoms with Gasteiger partial charge in [0.25, 0.3) is 0 Å². The second kappa shape index (κ2) is 7.61. The molecular formula is C31H34N2O4. The number of phenols is 1. The number of carbonyl (C=O) groups excluding carboxylic acids is 1. The molecule has 3 aliphatic heterocycles. The van der Waals surface area contributed by atoms with Crippen molar-refractivity contribution in [2.24, 2.45) is 5.92 Å². The Morgan fingerprint density at radius 1 is 1.05 bits per heavy atom. The van der Waals surface area contributed by atoms with E-state index in [1.807, 2.05) is 47.4 Å². The zero-order chi connectivity index (χ0) is 24.9. The Balaban J connectivity index is 1.19. The average Bonchev–Trinajstić information content (AvgIpc) is 3.55. The molecular weight excluding hydrogens is 464 g/mol. The number of hydrogen-bond acceptors (Lipinski definition) is 5. The van der Waals surface area contributed by atoms with E-state index < -0.39 is 11.0 Å². The summed E-state index contributed by atoms with van der Waals surface area (Å²) in [6, 6.07) is 13.8. The number of carbonyl (C=O) groups is 1. The van der Waals surface area contributed by atoms with Crippen molar-refractivity contribution >= 4 is 12.0 Å². The van der Waals surface area contributed by atoms with Gasteiger partial charge in [-0.05, 0) is 80.7 Å². The van der Waals surface area contributed by atoms with Gasteiger partial charge in [-0.1, -0.05) is 36.4 Å². The minimum absolute atomic E-state index is 0.0553. The highest BCUT2D eigenvalue weighted by Crippen LogP contribution is 2.66. The molecule has 6 aliphatic rings. The summed E-state index contributed by atoms with van der Waals surface area (Å²) in [6.45, 7) is 2.66. The molecule has 2 aromatic rings. The second-order valence-electron chi connectivity index (χ2n) is 12.2. The van der Waals surface area contributed by atoms with Crippen LogP contribution in [-0.4, -0.2) is 69.3 Å². The van der Waals surface area contributed by atoms with Gasteiger partial charge >= 0.3 is 0 Å². The fourth-order valence-corrected chi connectivity index (χ4v) is 8.61. The molecule has 5 atom stereocenters. The Morgan fingerprint density at radius 2 is 1.89 bits per heavy atom. The number of hydrogen-bond donors (Lipinski definition) is 2. The van der Waals surface area contributed by atoms with Crippen molar-refractivity contribution in [3.05, 3.63) is 64.7 Å². The van der Waals surface area contributed by atoms with Crippen LogP contribution in [0.15, 0.2) is 48.0 Å². The molecule has 8 rings (SSSR count). The van der Waals surface area contributed by atoms with E-state index in [2.05, 4.69) is 4.90 Å². The van der Waals surface area contributed by atoms with Crippen LogP contribution in [0.25, 0.3) is 6.08 Å². The van der Waals surface area contributed by atoms with E-state index in [0.29, 0.717) is 25.1 Å². The monoisotopic (exact) mass is 498 g/mol. The van der Waals surface area contributed by atoms with Crippen molar-refractivity contribution in [1.29, 1.82) is 0 Å². The van der Waals surface area contributed by atoms with E-state index in [-0.39, 0.29) is 29.8 Å². The van der Waals surface area contributed by atoms with E-state index >= 15 is 0 Å². The average molecular weight is 499 g/mol. The Hall–Kier alpha value is -2.83. The zero-order valence-electron chi connectivity index (χ0n) is 21.1. The van der Waals surface area contributed by atoms with Crippen LogP contribution in [0, 0.1) is 5.92 Å². The maximum Gasteiger partial charge on any atom is 0.250 e. The maximum atomic E-state index is 13.7. The van der Waals surface area contributed by atoms with Gasteiger partial charge in [0.2, 0.25) is 5.91 Å². The summed E-state index contributed by atoms with van der Waals surface area (Å²) in [4.78, 5) is 18.3. The predicted octanol–water partition coefficient (Wildman–Crippen LogP) is 3.64. The van der Waals surface area contributed by atoms with Crippen LogP contribution in [-0.2, 0) is 16.6 Å². The molecule has 3 heterocycles. The van der Waals surface area contributed by atoms with Gasteiger partial charge in [0.15, 0.2) is 11.5 Å². The summed E-state index contributed by atoms with van der Waals surface area (Å²) in [5.74, 6) is 1.55. The summed E-state index contributed by atoms with van der Waals surface area (Å²) < 4.78 is 6.69.